The second-order valence-electron chi connectivity index (χ2n) is 5.90. The molecule has 9 heteroatoms. The van der Waals surface area contributed by atoms with Crippen molar-refractivity contribution in [2.75, 3.05) is 19.5 Å². The number of nitrogens with one attached hydrogen (secondary N) is 1. The number of hydrogen-bond acceptors (Lipinski definition) is 6. The molecule has 0 aliphatic carbocycles. The number of hydrogen-bond donors (Lipinski definition) is 3. The van der Waals surface area contributed by atoms with Crippen molar-refractivity contribution in [2.45, 2.75) is 17.5 Å². The summed E-state index contributed by atoms with van der Waals surface area (Å²) in [5, 5.41) is 20.7. The number of benzene rings is 1. The van der Waals surface area contributed by atoms with Crippen LogP contribution in [0, 0.1) is 0 Å². The number of aliphatic hydroxyl groups is 1. The number of ether oxygens (including phenoxy) is 1. The van der Waals surface area contributed by atoms with Gasteiger partial charge in [0, 0.05) is 12.9 Å². The number of aliphatic carboxylic acids is 1. The van der Waals surface area contributed by atoms with E-state index in [9.17, 15) is 24.6 Å². The summed E-state index contributed by atoms with van der Waals surface area (Å²) in [7, 11) is 1.30. The number of rotatable bonds is 6. The first kappa shape index (κ1) is 18.4. The quantitative estimate of drug-likeness (QED) is 0.469. The molecule has 2 amide bonds. The highest BCUT2D eigenvalue weighted by Gasteiger charge is 2.66. The number of fused-ring (bicyclic) bond motifs is 1. The maximum Gasteiger partial charge on any atom is 0.352 e. The van der Waals surface area contributed by atoms with Gasteiger partial charge in [-0.1, -0.05) is 30.3 Å². The maximum absolute atomic E-state index is 12.7. The standard InChI is InChI=1S/C17H18N2O6S/c1-25-17(18-12(21)7-10-5-3-2-4-6-10)15(24)19-13(14(22)23)11(8-20)9-26-16(17)19/h2-6,16,20H,7-9H2,1H3,(H,18,21)(H,22,23)/t16-,17?/m1/s1. The van der Waals surface area contributed by atoms with Gasteiger partial charge in [-0.25, -0.2) is 4.79 Å². The van der Waals surface area contributed by atoms with Crippen LogP contribution in [0.5, 0.6) is 0 Å². The van der Waals surface area contributed by atoms with Crippen LogP contribution >= 0.6 is 11.8 Å². The van der Waals surface area contributed by atoms with Gasteiger partial charge in [-0.2, -0.15) is 0 Å². The van der Waals surface area contributed by atoms with Crippen LogP contribution in [0.4, 0.5) is 0 Å². The number of aliphatic hydroxyl groups excluding tert-OH is 1. The summed E-state index contributed by atoms with van der Waals surface area (Å²) in [6.07, 6.45) is 0.0696. The molecule has 2 atom stereocenters. The lowest BCUT2D eigenvalue weighted by atomic mass is 9.97. The minimum Gasteiger partial charge on any atom is -0.477 e. The molecule has 138 valence electrons. The van der Waals surface area contributed by atoms with Crippen LogP contribution in [0.15, 0.2) is 41.6 Å². The van der Waals surface area contributed by atoms with Gasteiger partial charge < -0.3 is 20.3 Å². The first-order valence-electron chi connectivity index (χ1n) is 7.86. The Hall–Kier alpha value is -2.36. The lowest BCUT2D eigenvalue weighted by Gasteiger charge is -2.55. The Morgan fingerprint density at radius 1 is 1.38 bits per heavy atom. The van der Waals surface area contributed by atoms with Crippen LogP contribution in [0.2, 0.25) is 0 Å². The van der Waals surface area contributed by atoms with Crippen LogP contribution in [0.1, 0.15) is 5.56 Å². The van der Waals surface area contributed by atoms with Crippen molar-refractivity contribution in [1.82, 2.24) is 10.2 Å². The third-order valence-electron chi connectivity index (χ3n) is 4.36. The number of thioether (sulfide) groups is 1. The van der Waals surface area contributed by atoms with E-state index in [1.165, 1.54) is 18.9 Å². The van der Waals surface area contributed by atoms with Gasteiger partial charge in [0.1, 0.15) is 11.1 Å². The van der Waals surface area contributed by atoms with Gasteiger partial charge >= 0.3 is 5.97 Å². The molecule has 2 aliphatic heterocycles. The lowest BCUT2D eigenvalue weighted by Crippen LogP contribution is -2.80. The summed E-state index contributed by atoms with van der Waals surface area (Å²) in [6, 6.07) is 9.04. The average molecular weight is 378 g/mol. The molecule has 1 aromatic rings. The first-order chi connectivity index (χ1) is 12.4. The van der Waals surface area contributed by atoms with Gasteiger partial charge in [-0.3, -0.25) is 14.5 Å². The van der Waals surface area contributed by atoms with Crippen molar-refractivity contribution in [1.29, 1.82) is 0 Å². The van der Waals surface area contributed by atoms with Gasteiger partial charge in [-0.05, 0) is 11.1 Å². The zero-order chi connectivity index (χ0) is 18.9. The fraction of sp³-hybridized carbons (Fsp3) is 0.353. The average Bonchev–Trinajstić information content (AvgIpc) is 2.65. The molecule has 1 fully saturated rings. The number of nitrogens with zero attached hydrogens (tertiary/aromatic N) is 1. The molecule has 1 unspecified atom stereocenters. The largest absolute Gasteiger partial charge is 0.477 e. The van der Waals surface area contributed by atoms with E-state index in [4.69, 9.17) is 4.74 Å². The monoisotopic (exact) mass is 378 g/mol. The molecule has 1 aromatic carbocycles. The fourth-order valence-electron chi connectivity index (χ4n) is 3.10. The van der Waals surface area contributed by atoms with E-state index in [1.807, 2.05) is 18.2 Å². The smallest absolute Gasteiger partial charge is 0.352 e. The van der Waals surface area contributed by atoms with Crippen LogP contribution in [-0.4, -0.2) is 63.5 Å². The molecule has 0 radical (unpaired) electrons. The van der Waals surface area contributed by atoms with Crippen molar-refractivity contribution >= 4 is 29.5 Å². The Bertz CT molecular complexity index is 781. The predicted octanol–water partition coefficient (Wildman–Crippen LogP) is -0.0659. The van der Waals surface area contributed by atoms with Gasteiger partial charge in [0.15, 0.2) is 0 Å². The number of β-lactam (4-membered cyclic amide) rings is 1. The van der Waals surface area contributed by atoms with Crippen LogP contribution in [0.25, 0.3) is 0 Å². The van der Waals surface area contributed by atoms with E-state index in [1.54, 1.807) is 12.1 Å². The summed E-state index contributed by atoms with van der Waals surface area (Å²) < 4.78 is 5.34. The molecule has 2 aliphatic rings. The summed E-state index contributed by atoms with van der Waals surface area (Å²) in [5.41, 5.74) is -0.818. The maximum atomic E-state index is 12.7. The lowest BCUT2D eigenvalue weighted by molar-refractivity contribution is -0.192. The Morgan fingerprint density at radius 3 is 2.65 bits per heavy atom. The Kier molecular flexibility index (Phi) is 5.03. The molecule has 3 rings (SSSR count). The molecular formula is C17H18N2O6S. The molecular weight excluding hydrogens is 360 g/mol. The van der Waals surface area contributed by atoms with E-state index in [0.717, 1.165) is 10.5 Å². The highest BCUT2D eigenvalue weighted by atomic mass is 32.2. The van der Waals surface area contributed by atoms with E-state index in [2.05, 4.69) is 5.32 Å². The molecule has 0 spiro atoms. The summed E-state index contributed by atoms with van der Waals surface area (Å²) in [5.74, 6) is -2.14. The van der Waals surface area contributed by atoms with Crippen molar-refractivity contribution in [3.63, 3.8) is 0 Å². The molecule has 0 aromatic heterocycles. The molecule has 8 nitrogen and oxygen atoms in total. The molecule has 26 heavy (non-hydrogen) atoms. The topological polar surface area (TPSA) is 116 Å². The second kappa shape index (κ2) is 7.10. The third-order valence-corrected chi connectivity index (χ3v) is 5.73. The van der Waals surface area contributed by atoms with E-state index in [0.29, 0.717) is 0 Å². The van der Waals surface area contributed by atoms with Crippen molar-refractivity contribution in [3.8, 4) is 0 Å². The van der Waals surface area contributed by atoms with Crippen molar-refractivity contribution in [3.05, 3.63) is 47.2 Å². The number of carbonyl (C=O) groups excluding carboxylic acids is 2. The SMILES string of the molecule is COC1(NC(=O)Cc2ccccc2)C(=O)N2C(C(=O)O)=C(CO)CS[C@@H]21. The second-order valence-corrected chi connectivity index (χ2v) is 6.97. The van der Waals surface area contributed by atoms with Crippen LogP contribution < -0.4 is 5.32 Å². The number of amides is 2. The predicted molar refractivity (Wildman–Crippen MR) is 92.9 cm³/mol. The van der Waals surface area contributed by atoms with Gasteiger partial charge in [-0.15, -0.1) is 11.8 Å². The third kappa shape index (κ3) is 2.87. The minimum absolute atomic E-state index is 0.0696. The fourth-order valence-corrected chi connectivity index (χ4v) is 4.53. The van der Waals surface area contributed by atoms with Gasteiger partial charge in [0.25, 0.3) is 11.6 Å². The summed E-state index contributed by atoms with van der Waals surface area (Å²) in [6.45, 7) is -0.453. The molecule has 3 N–H and O–H groups in total. The Balaban J connectivity index is 1.81. The van der Waals surface area contributed by atoms with Crippen molar-refractivity contribution < 1.29 is 29.3 Å². The number of methoxy groups -OCH3 is 1. The van der Waals surface area contributed by atoms with E-state index < -0.39 is 35.5 Å². The highest BCUT2D eigenvalue weighted by molar-refractivity contribution is 8.00. The van der Waals surface area contributed by atoms with E-state index >= 15 is 0 Å². The zero-order valence-electron chi connectivity index (χ0n) is 14.0. The van der Waals surface area contributed by atoms with Crippen LogP contribution in [0.3, 0.4) is 0 Å². The highest BCUT2D eigenvalue weighted by Crippen LogP contribution is 2.46. The molecule has 0 saturated carbocycles. The zero-order valence-corrected chi connectivity index (χ0v) is 14.8. The summed E-state index contributed by atoms with van der Waals surface area (Å²) >= 11 is 1.23. The van der Waals surface area contributed by atoms with Crippen molar-refractivity contribution in [2.24, 2.45) is 0 Å². The number of carboxylic acids is 1. The minimum atomic E-state index is -1.61. The molecule has 2 heterocycles. The van der Waals surface area contributed by atoms with Gasteiger partial charge in [0.2, 0.25) is 5.91 Å². The Labute approximate surface area is 153 Å². The number of carboxylic acid groups (broad SMARTS) is 1. The number of carbonyl (C=O) groups is 3. The Morgan fingerprint density at radius 2 is 2.08 bits per heavy atom. The van der Waals surface area contributed by atoms with Gasteiger partial charge in [0.05, 0.1) is 13.0 Å². The van der Waals surface area contributed by atoms with E-state index in [-0.39, 0.29) is 23.4 Å². The summed E-state index contributed by atoms with van der Waals surface area (Å²) in [4.78, 5) is 37.7. The van der Waals surface area contributed by atoms with Crippen LogP contribution in [-0.2, 0) is 25.5 Å². The molecule has 1 saturated heterocycles. The molecule has 0 bridgehead atoms. The first-order valence-corrected chi connectivity index (χ1v) is 8.91. The normalized spacial score (nSPS) is 24.8.